The summed E-state index contributed by atoms with van der Waals surface area (Å²) >= 11 is 0. The second-order valence-electron chi connectivity index (χ2n) is 7.62. The normalized spacial score (nSPS) is 9.55. The molecule has 0 nitrogen and oxygen atoms in total. The van der Waals surface area contributed by atoms with Crippen molar-refractivity contribution in [3.8, 4) is 11.1 Å². The van der Waals surface area contributed by atoms with Gasteiger partial charge in [0.1, 0.15) is 0 Å². The van der Waals surface area contributed by atoms with Crippen molar-refractivity contribution >= 4 is 0 Å². The van der Waals surface area contributed by atoms with E-state index in [2.05, 4.69) is 58.0 Å². The Balaban J connectivity index is 0. The van der Waals surface area contributed by atoms with Crippen LogP contribution in [0.4, 0.5) is 0 Å². The van der Waals surface area contributed by atoms with Crippen LogP contribution in [0.25, 0.3) is 11.1 Å². The molecule has 0 unspecified atom stereocenters. The average molecular weight is 493 g/mol. The molecule has 0 aliphatic carbocycles. The van der Waals surface area contributed by atoms with Crippen molar-refractivity contribution in [3.05, 3.63) is 82.9 Å². The third-order valence-electron chi connectivity index (χ3n) is 5.31. The van der Waals surface area contributed by atoms with E-state index < -0.39 is 0 Å². The Morgan fingerprint density at radius 3 is 1.68 bits per heavy atom. The average Bonchev–Trinajstić information content (AvgIpc) is 3.37. The first kappa shape index (κ1) is 32.4. The van der Waals surface area contributed by atoms with Crippen LogP contribution in [0, 0.1) is 0 Å². The number of rotatable bonds is 9. The maximum Gasteiger partial charge on any atom is 4.00 e. The fraction of sp³-hybridized carbons (Fsp3) is 0.429. The SMILES string of the molecule is CCCc1c(CCC)c(-c2ccccc2)[c-](CCC)c1CCC.[Cl-].[Cl-].[Ti+4].c1cc[cH-]c1. The molecule has 0 amide bonds. The molecule has 0 aliphatic heterocycles. The minimum absolute atomic E-state index is 0. The predicted molar refractivity (Wildman–Crippen MR) is 125 cm³/mol. The molecule has 0 saturated heterocycles. The number of hydrogen-bond acceptors (Lipinski definition) is 0. The van der Waals surface area contributed by atoms with E-state index >= 15 is 0 Å². The van der Waals surface area contributed by atoms with Crippen molar-refractivity contribution in [2.45, 2.75) is 79.1 Å². The van der Waals surface area contributed by atoms with E-state index in [-0.39, 0.29) is 46.5 Å². The van der Waals surface area contributed by atoms with Crippen LogP contribution in [-0.2, 0) is 47.4 Å². The zero-order chi connectivity index (χ0) is 20.2. The van der Waals surface area contributed by atoms with Gasteiger partial charge in [0.05, 0.1) is 0 Å². The fourth-order valence-electron chi connectivity index (χ4n) is 4.28. The summed E-state index contributed by atoms with van der Waals surface area (Å²) < 4.78 is 0. The van der Waals surface area contributed by atoms with Gasteiger partial charge in [-0.15, -0.1) is 16.7 Å². The van der Waals surface area contributed by atoms with Crippen LogP contribution in [0.2, 0.25) is 0 Å². The summed E-state index contributed by atoms with van der Waals surface area (Å²) in [5.41, 5.74) is 9.72. The summed E-state index contributed by atoms with van der Waals surface area (Å²) in [7, 11) is 0. The van der Waals surface area contributed by atoms with Crippen molar-refractivity contribution in [1.29, 1.82) is 0 Å². The van der Waals surface area contributed by atoms with E-state index in [1.807, 2.05) is 30.3 Å². The van der Waals surface area contributed by atoms with Crippen molar-refractivity contribution < 1.29 is 46.5 Å². The first-order valence-corrected chi connectivity index (χ1v) is 11.3. The van der Waals surface area contributed by atoms with Crippen LogP contribution >= 0.6 is 0 Å². The molecule has 0 spiro atoms. The second kappa shape index (κ2) is 18.8. The van der Waals surface area contributed by atoms with Crippen molar-refractivity contribution in [2.75, 3.05) is 0 Å². The summed E-state index contributed by atoms with van der Waals surface area (Å²) in [4.78, 5) is 0. The zero-order valence-electron chi connectivity index (χ0n) is 19.7. The molecule has 0 heterocycles. The van der Waals surface area contributed by atoms with E-state index in [0.717, 1.165) is 0 Å². The molecule has 31 heavy (non-hydrogen) atoms. The van der Waals surface area contributed by atoms with Gasteiger partial charge in [-0.3, -0.25) is 0 Å². The third-order valence-corrected chi connectivity index (χ3v) is 5.31. The van der Waals surface area contributed by atoms with Gasteiger partial charge in [0.2, 0.25) is 0 Å². The Bertz CT molecular complexity index is 722. The second-order valence-corrected chi connectivity index (χ2v) is 7.62. The van der Waals surface area contributed by atoms with E-state index in [9.17, 15) is 0 Å². The first-order valence-electron chi connectivity index (χ1n) is 11.3. The van der Waals surface area contributed by atoms with Gasteiger partial charge in [-0.2, -0.15) is 29.3 Å². The Hall–Kier alpha value is -0.786. The van der Waals surface area contributed by atoms with Gasteiger partial charge in [0.15, 0.2) is 0 Å². The molecule has 0 aromatic heterocycles. The summed E-state index contributed by atoms with van der Waals surface area (Å²) in [5, 5.41) is 0. The Morgan fingerprint density at radius 2 is 1.23 bits per heavy atom. The molecule has 3 aromatic carbocycles. The summed E-state index contributed by atoms with van der Waals surface area (Å²) in [6.45, 7) is 9.27. The van der Waals surface area contributed by atoms with Crippen molar-refractivity contribution in [3.63, 3.8) is 0 Å². The minimum atomic E-state index is 0. The number of benzene rings is 1. The van der Waals surface area contributed by atoms with Gasteiger partial charge in [-0.1, -0.05) is 109 Å². The molecule has 0 aliphatic rings. The molecule has 3 heteroatoms. The molecular weight excluding hydrogens is 455 g/mol. The van der Waals surface area contributed by atoms with E-state index in [1.165, 1.54) is 56.9 Å². The van der Waals surface area contributed by atoms with Crippen LogP contribution in [0.1, 0.15) is 75.6 Å². The van der Waals surface area contributed by atoms with E-state index in [0.29, 0.717) is 0 Å². The maximum atomic E-state index is 2.32. The molecule has 0 radical (unpaired) electrons. The van der Waals surface area contributed by atoms with Gasteiger partial charge < -0.3 is 24.8 Å². The molecule has 3 rings (SSSR count). The van der Waals surface area contributed by atoms with Gasteiger partial charge >= 0.3 is 21.7 Å². The minimum Gasteiger partial charge on any atom is -1.00 e. The quantitative estimate of drug-likeness (QED) is 0.317. The molecule has 3 aromatic rings. The monoisotopic (exact) mass is 492 g/mol. The van der Waals surface area contributed by atoms with Crippen LogP contribution < -0.4 is 24.8 Å². The first-order chi connectivity index (χ1) is 13.8. The van der Waals surface area contributed by atoms with Crippen LogP contribution in [0.15, 0.2) is 60.7 Å². The smallest absolute Gasteiger partial charge is 1.00 e. The molecule has 168 valence electrons. The topological polar surface area (TPSA) is 0 Å². The maximum absolute atomic E-state index is 2.32. The largest absolute Gasteiger partial charge is 4.00 e. The Kier molecular flexibility index (Phi) is 19.6. The molecule has 0 atom stereocenters. The van der Waals surface area contributed by atoms with Crippen LogP contribution in [0.5, 0.6) is 0 Å². The molecular formula is C28H38Cl2Ti. The van der Waals surface area contributed by atoms with E-state index in [4.69, 9.17) is 0 Å². The van der Waals surface area contributed by atoms with Gasteiger partial charge in [-0.25, -0.2) is 12.1 Å². The Morgan fingerprint density at radius 1 is 0.677 bits per heavy atom. The molecule has 0 N–H and O–H groups in total. The van der Waals surface area contributed by atoms with E-state index in [1.54, 1.807) is 27.8 Å². The Labute approximate surface area is 218 Å². The van der Waals surface area contributed by atoms with Gasteiger partial charge in [0, 0.05) is 0 Å². The molecule has 0 fully saturated rings. The third kappa shape index (κ3) is 9.31. The van der Waals surface area contributed by atoms with Crippen molar-refractivity contribution in [2.24, 2.45) is 0 Å². The van der Waals surface area contributed by atoms with Crippen LogP contribution in [0.3, 0.4) is 0 Å². The summed E-state index contributed by atoms with van der Waals surface area (Å²) in [5.74, 6) is 0. The zero-order valence-corrected chi connectivity index (χ0v) is 22.8. The standard InChI is InChI=1S/C23H33.C5H5.2ClH.Ti/c1-5-12-19-20(13-6-2)22(15-8-4)23(21(19)14-7-3)18-16-10-9-11-17-18;1-2-4-5-3-1;;;/h9-11,16-17H,5-8,12-15H2,1-4H3;1-5H;2*1H;/q2*-1;;;+4/p-2. The van der Waals surface area contributed by atoms with Crippen LogP contribution in [-0.4, -0.2) is 0 Å². The fourth-order valence-corrected chi connectivity index (χ4v) is 4.28. The van der Waals surface area contributed by atoms with Gasteiger partial charge in [-0.05, 0) is 6.42 Å². The number of hydrogen-bond donors (Lipinski definition) is 0. The van der Waals surface area contributed by atoms with Gasteiger partial charge in [0.25, 0.3) is 0 Å². The van der Waals surface area contributed by atoms with Crippen molar-refractivity contribution in [1.82, 2.24) is 0 Å². The molecule has 0 saturated carbocycles. The summed E-state index contributed by atoms with van der Waals surface area (Å²) in [6.07, 6.45) is 9.90. The molecule has 0 bridgehead atoms. The summed E-state index contributed by atoms with van der Waals surface area (Å²) in [6, 6.07) is 21.1. The number of halogens is 2. The predicted octanol–water partition coefficient (Wildman–Crippen LogP) is 2.29.